The van der Waals surface area contributed by atoms with E-state index < -0.39 is 30.4 Å². The number of benzene rings is 1. The highest BCUT2D eigenvalue weighted by Gasteiger charge is 2.45. The lowest BCUT2D eigenvalue weighted by Gasteiger charge is -2.15. The fourth-order valence-corrected chi connectivity index (χ4v) is 2.04. The Morgan fingerprint density at radius 2 is 1.64 bits per heavy atom. The maximum Gasteiger partial charge on any atom is 0.335 e. The molecular weight excluding hydrogens is 288 g/mol. The van der Waals surface area contributed by atoms with Crippen molar-refractivity contribution in [3.05, 3.63) is 35.4 Å². The van der Waals surface area contributed by atoms with Gasteiger partial charge in [0.1, 0.15) is 6.54 Å². The summed E-state index contributed by atoms with van der Waals surface area (Å²) in [6, 6.07) is 6.43. The number of nitrogens with zero attached hydrogens (tertiary/aromatic N) is 2. The Morgan fingerprint density at radius 3 is 2.23 bits per heavy atom. The third-order valence-electron chi connectivity index (χ3n) is 3.19. The molecule has 0 atom stereocenters. The first-order chi connectivity index (χ1) is 10.4. The molecule has 0 spiro atoms. The smallest absolute Gasteiger partial charge is 0.335 e. The van der Waals surface area contributed by atoms with E-state index in [9.17, 15) is 19.2 Å². The fraction of sp³-hybridized carbons (Fsp3) is 0.333. The van der Waals surface area contributed by atoms with Crippen LogP contribution in [0.1, 0.15) is 18.1 Å². The summed E-state index contributed by atoms with van der Waals surface area (Å²) in [6.07, 6.45) is 0. The van der Waals surface area contributed by atoms with Crippen LogP contribution in [-0.4, -0.2) is 46.8 Å². The van der Waals surface area contributed by atoms with Gasteiger partial charge >= 0.3 is 23.8 Å². The lowest BCUT2D eigenvalue weighted by molar-refractivity contribution is -0.148. The number of carbonyl (C=O) groups is 4. The first kappa shape index (κ1) is 15.7. The van der Waals surface area contributed by atoms with Gasteiger partial charge in [-0.25, -0.2) is 9.69 Å². The van der Waals surface area contributed by atoms with Gasteiger partial charge in [0.25, 0.3) is 0 Å². The summed E-state index contributed by atoms with van der Waals surface area (Å²) in [6.45, 7) is 3.10. The van der Waals surface area contributed by atoms with Gasteiger partial charge in [-0.05, 0) is 19.4 Å². The number of carbonyl (C=O) groups excluding carboxylic acids is 4. The summed E-state index contributed by atoms with van der Waals surface area (Å²) >= 11 is 0. The summed E-state index contributed by atoms with van der Waals surface area (Å²) in [4.78, 5) is 48.7. The van der Waals surface area contributed by atoms with Gasteiger partial charge in [0.2, 0.25) is 0 Å². The molecule has 1 aliphatic heterocycles. The molecular formula is C15H16N2O5. The van der Waals surface area contributed by atoms with Crippen molar-refractivity contribution in [2.45, 2.75) is 20.4 Å². The van der Waals surface area contributed by atoms with Gasteiger partial charge in [-0.2, -0.15) is 0 Å². The monoisotopic (exact) mass is 304 g/mol. The van der Waals surface area contributed by atoms with Gasteiger partial charge < -0.3 is 4.74 Å². The molecule has 2 rings (SSSR count). The van der Waals surface area contributed by atoms with Crippen LogP contribution in [0.5, 0.6) is 0 Å². The zero-order valence-electron chi connectivity index (χ0n) is 12.4. The van der Waals surface area contributed by atoms with Crippen LogP contribution in [0, 0.1) is 6.92 Å². The molecule has 0 N–H and O–H groups in total. The predicted molar refractivity (Wildman–Crippen MR) is 75.5 cm³/mol. The standard InChI is InChI=1S/C15H16N2O5/c1-3-22-12(18)9-17-14(20)13(19)16(15(17)21)8-11-6-4-10(2)5-7-11/h4-7H,3,8-9H2,1-2H3. The van der Waals surface area contributed by atoms with Crippen molar-refractivity contribution in [1.29, 1.82) is 0 Å². The van der Waals surface area contributed by atoms with E-state index >= 15 is 0 Å². The number of urea groups is 1. The largest absolute Gasteiger partial charge is 0.465 e. The molecule has 116 valence electrons. The van der Waals surface area contributed by atoms with E-state index in [1.807, 2.05) is 19.1 Å². The number of rotatable bonds is 5. The first-order valence-corrected chi connectivity index (χ1v) is 6.82. The summed E-state index contributed by atoms with van der Waals surface area (Å²) in [5.74, 6) is -2.67. The van der Waals surface area contributed by atoms with E-state index in [2.05, 4.69) is 4.74 Å². The Balaban J connectivity index is 2.11. The molecule has 7 nitrogen and oxygen atoms in total. The SMILES string of the molecule is CCOC(=O)CN1C(=O)C(=O)N(Cc2ccc(C)cc2)C1=O. The minimum absolute atomic E-state index is 0.0109. The molecule has 0 radical (unpaired) electrons. The molecule has 4 amide bonds. The van der Waals surface area contributed by atoms with E-state index in [0.29, 0.717) is 4.90 Å². The number of hydrogen-bond acceptors (Lipinski definition) is 5. The van der Waals surface area contributed by atoms with E-state index in [4.69, 9.17) is 0 Å². The molecule has 0 saturated carbocycles. The number of amides is 4. The van der Waals surface area contributed by atoms with E-state index in [0.717, 1.165) is 16.0 Å². The van der Waals surface area contributed by atoms with Crippen molar-refractivity contribution >= 4 is 23.8 Å². The van der Waals surface area contributed by atoms with Crippen LogP contribution in [0.2, 0.25) is 0 Å². The van der Waals surface area contributed by atoms with E-state index in [1.165, 1.54) is 0 Å². The van der Waals surface area contributed by atoms with Crippen molar-refractivity contribution in [2.75, 3.05) is 13.2 Å². The van der Waals surface area contributed by atoms with Crippen molar-refractivity contribution in [3.63, 3.8) is 0 Å². The molecule has 0 aromatic heterocycles. The van der Waals surface area contributed by atoms with Crippen LogP contribution in [0.15, 0.2) is 24.3 Å². The molecule has 7 heteroatoms. The van der Waals surface area contributed by atoms with Crippen LogP contribution in [-0.2, 0) is 25.7 Å². The lowest BCUT2D eigenvalue weighted by Crippen LogP contribution is -2.37. The van der Waals surface area contributed by atoms with Crippen LogP contribution in [0.25, 0.3) is 0 Å². The summed E-state index contributed by atoms with van der Waals surface area (Å²) < 4.78 is 4.69. The number of hydrogen-bond donors (Lipinski definition) is 0. The minimum atomic E-state index is -1.01. The molecule has 1 saturated heterocycles. The molecule has 1 fully saturated rings. The average molecular weight is 304 g/mol. The summed E-state index contributed by atoms with van der Waals surface area (Å²) in [5.41, 5.74) is 1.76. The van der Waals surface area contributed by atoms with Crippen molar-refractivity contribution in [1.82, 2.24) is 9.80 Å². The highest BCUT2D eigenvalue weighted by molar-refractivity contribution is 6.44. The third-order valence-corrected chi connectivity index (χ3v) is 3.19. The number of esters is 1. The van der Waals surface area contributed by atoms with Crippen LogP contribution < -0.4 is 0 Å². The van der Waals surface area contributed by atoms with Crippen molar-refractivity contribution < 1.29 is 23.9 Å². The first-order valence-electron chi connectivity index (χ1n) is 6.82. The molecule has 1 aromatic rings. The molecule has 0 unspecified atom stereocenters. The predicted octanol–water partition coefficient (Wildman–Crippen LogP) is 0.849. The second-order valence-electron chi connectivity index (χ2n) is 4.86. The fourth-order valence-electron chi connectivity index (χ4n) is 2.04. The molecule has 0 bridgehead atoms. The second kappa shape index (κ2) is 6.38. The second-order valence-corrected chi connectivity index (χ2v) is 4.86. The Morgan fingerprint density at radius 1 is 1.05 bits per heavy atom. The number of aryl methyl sites for hydroxylation is 1. The number of ether oxygens (including phenoxy) is 1. The van der Waals surface area contributed by atoms with Crippen LogP contribution in [0.3, 0.4) is 0 Å². The quantitative estimate of drug-likeness (QED) is 0.457. The molecule has 1 aromatic carbocycles. The van der Waals surface area contributed by atoms with E-state index in [1.54, 1.807) is 19.1 Å². The van der Waals surface area contributed by atoms with Crippen molar-refractivity contribution in [3.8, 4) is 0 Å². The van der Waals surface area contributed by atoms with Crippen molar-refractivity contribution in [2.24, 2.45) is 0 Å². The van der Waals surface area contributed by atoms with Crippen LogP contribution in [0.4, 0.5) is 4.79 Å². The molecule has 1 heterocycles. The normalized spacial score (nSPS) is 14.7. The Bertz CT molecular complexity index is 623. The average Bonchev–Trinajstić information content (AvgIpc) is 2.67. The van der Waals surface area contributed by atoms with Gasteiger partial charge in [-0.3, -0.25) is 19.3 Å². The third kappa shape index (κ3) is 3.13. The maximum atomic E-state index is 12.1. The maximum absolute atomic E-state index is 12.1. The van der Waals surface area contributed by atoms with Gasteiger partial charge in [0.05, 0.1) is 13.2 Å². The Hall–Kier alpha value is -2.70. The van der Waals surface area contributed by atoms with Gasteiger partial charge in [-0.1, -0.05) is 29.8 Å². The molecule has 22 heavy (non-hydrogen) atoms. The van der Waals surface area contributed by atoms with Crippen LogP contribution >= 0.6 is 0 Å². The van der Waals surface area contributed by atoms with Gasteiger partial charge in [0, 0.05) is 0 Å². The lowest BCUT2D eigenvalue weighted by atomic mass is 10.1. The Kier molecular flexibility index (Phi) is 4.55. The zero-order valence-corrected chi connectivity index (χ0v) is 12.4. The highest BCUT2D eigenvalue weighted by Crippen LogP contribution is 2.16. The molecule has 0 aliphatic carbocycles. The zero-order chi connectivity index (χ0) is 16.3. The van der Waals surface area contributed by atoms with E-state index in [-0.39, 0.29) is 13.2 Å². The summed E-state index contributed by atoms with van der Waals surface area (Å²) in [7, 11) is 0. The topological polar surface area (TPSA) is 84.0 Å². The highest BCUT2D eigenvalue weighted by atomic mass is 16.5. The summed E-state index contributed by atoms with van der Waals surface area (Å²) in [5, 5.41) is 0. The van der Waals surface area contributed by atoms with Gasteiger partial charge in [0.15, 0.2) is 0 Å². The Labute approximate surface area is 127 Å². The van der Waals surface area contributed by atoms with Gasteiger partial charge in [-0.15, -0.1) is 0 Å². The minimum Gasteiger partial charge on any atom is -0.465 e. The molecule has 1 aliphatic rings. The number of imide groups is 2.